The summed E-state index contributed by atoms with van der Waals surface area (Å²) in [7, 11) is 3.19. The van der Waals surface area contributed by atoms with Crippen LogP contribution in [0.25, 0.3) is 0 Å². The van der Waals surface area contributed by atoms with Crippen molar-refractivity contribution >= 4 is 5.97 Å². The van der Waals surface area contributed by atoms with Crippen LogP contribution in [0.15, 0.2) is 12.1 Å². The zero-order chi connectivity index (χ0) is 18.8. The highest BCUT2D eigenvalue weighted by atomic mass is 16.6. The molecule has 0 saturated carbocycles. The quantitative estimate of drug-likeness (QED) is 0.308. The highest BCUT2D eigenvalue weighted by Crippen LogP contribution is 2.41. The number of esters is 1. The fraction of sp³-hybridized carbons (Fsp3) is 0.682. The van der Waals surface area contributed by atoms with Crippen molar-refractivity contribution in [1.29, 1.82) is 0 Å². The lowest BCUT2D eigenvalue weighted by Crippen LogP contribution is -1.99. The van der Waals surface area contributed by atoms with Gasteiger partial charge in [0.15, 0.2) is 0 Å². The Morgan fingerprint density at radius 2 is 1.50 bits per heavy atom. The topological polar surface area (TPSA) is 44.8 Å². The monoisotopic (exact) mass is 362 g/mol. The van der Waals surface area contributed by atoms with Gasteiger partial charge in [-0.1, -0.05) is 64.7 Å². The van der Waals surface area contributed by atoms with Gasteiger partial charge < -0.3 is 14.2 Å². The Labute approximate surface area is 158 Å². The number of cyclic esters (lactones) is 1. The molecule has 0 bridgehead atoms. The summed E-state index contributed by atoms with van der Waals surface area (Å²) in [6, 6.07) is 3.65. The number of hydrogen-bond donors (Lipinski definition) is 0. The van der Waals surface area contributed by atoms with Crippen molar-refractivity contribution in [3.63, 3.8) is 0 Å². The summed E-state index contributed by atoms with van der Waals surface area (Å²) in [5, 5.41) is 0. The van der Waals surface area contributed by atoms with Crippen LogP contribution in [0.1, 0.15) is 99.6 Å². The van der Waals surface area contributed by atoms with E-state index in [1.807, 2.05) is 6.07 Å². The van der Waals surface area contributed by atoms with E-state index in [4.69, 9.17) is 14.2 Å². The highest BCUT2D eigenvalue weighted by molar-refractivity contribution is 5.97. The number of benzene rings is 1. The van der Waals surface area contributed by atoms with E-state index in [0.29, 0.717) is 17.1 Å². The number of methoxy groups -OCH3 is 2. The van der Waals surface area contributed by atoms with Crippen LogP contribution in [0.3, 0.4) is 0 Å². The lowest BCUT2D eigenvalue weighted by Gasteiger charge is -2.12. The average Bonchev–Trinajstić information content (AvgIpc) is 2.98. The van der Waals surface area contributed by atoms with Crippen LogP contribution in [0, 0.1) is 0 Å². The third-order valence-corrected chi connectivity index (χ3v) is 5.18. The van der Waals surface area contributed by atoms with E-state index >= 15 is 0 Å². The molecule has 26 heavy (non-hydrogen) atoms. The Kier molecular flexibility index (Phi) is 8.79. The number of carbonyl (C=O) groups is 1. The molecule has 0 saturated heterocycles. The Morgan fingerprint density at radius 1 is 0.885 bits per heavy atom. The van der Waals surface area contributed by atoms with Gasteiger partial charge in [0.1, 0.15) is 23.2 Å². The Hall–Kier alpha value is -1.71. The van der Waals surface area contributed by atoms with Gasteiger partial charge >= 0.3 is 5.97 Å². The van der Waals surface area contributed by atoms with Gasteiger partial charge in [-0.25, -0.2) is 4.79 Å². The SMILES string of the molecule is CCCCCCCCCCCCC1OC(=O)c2c(OC)cc(OC)cc21. The van der Waals surface area contributed by atoms with E-state index in [1.54, 1.807) is 20.3 Å². The summed E-state index contributed by atoms with van der Waals surface area (Å²) in [4.78, 5) is 12.2. The van der Waals surface area contributed by atoms with Gasteiger partial charge in [0.25, 0.3) is 0 Å². The second-order valence-electron chi connectivity index (χ2n) is 7.16. The minimum Gasteiger partial charge on any atom is -0.497 e. The van der Waals surface area contributed by atoms with E-state index in [-0.39, 0.29) is 12.1 Å². The number of rotatable bonds is 13. The molecular formula is C22H34O4. The van der Waals surface area contributed by atoms with Crippen LogP contribution in [0.4, 0.5) is 0 Å². The van der Waals surface area contributed by atoms with Crippen molar-refractivity contribution in [2.75, 3.05) is 14.2 Å². The molecule has 1 aliphatic rings. The van der Waals surface area contributed by atoms with Gasteiger partial charge in [-0.15, -0.1) is 0 Å². The predicted molar refractivity (Wildman–Crippen MR) is 104 cm³/mol. The molecule has 0 radical (unpaired) electrons. The molecule has 146 valence electrons. The van der Waals surface area contributed by atoms with Gasteiger partial charge in [0.05, 0.1) is 14.2 Å². The van der Waals surface area contributed by atoms with Crippen LogP contribution in [0.2, 0.25) is 0 Å². The molecule has 1 aromatic carbocycles. The molecular weight excluding hydrogens is 328 g/mol. The molecule has 0 aromatic heterocycles. The molecule has 1 aliphatic heterocycles. The first-order valence-corrected chi connectivity index (χ1v) is 10.2. The van der Waals surface area contributed by atoms with Gasteiger partial charge in [0.2, 0.25) is 0 Å². The largest absolute Gasteiger partial charge is 0.497 e. The van der Waals surface area contributed by atoms with Crippen LogP contribution < -0.4 is 9.47 Å². The lowest BCUT2D eigenvalue weighted by molar-refractivity contribution is 0.0361. The van der Waals surface area contributed by atoms with E-state index in [0.717, 1.165) is 18.4 Å². The van der Waals surface area contributed by atoms with Crippen molar-refractivity contribution in [2.24, 2.45) is 0 Å². The number of carbonyl (C=O) groups excluding carboxylic acids is 1. The summed E-state index contributed by atoms with van der Waals surface area (Å²) in [5.74, 6) is 0.957. The second kappa shape index (κ2) is 11.1. The van der Waals surface area contributed by atoms with Crippen molar-refractivity contribution in [2.45, 2.75) is 83.7 Å². The molecule has 0 fully saturated rings. The standard InChI is InChI=1S/C22H34O4/c1-4-5-6-7-8-9-10-11-12-13-14-19-18-15-17(24-2)16-20(25-3)21(18)22(23)26-19/h15-16,19H,4-14H2,1-3H3. The molecule has 4 nitrogen and oxygen atoms in total. The Bertz CT molecular complexity index is 568. The smallest absolute Gasteiger partial charge is 0.342 e. The molecule has 4 heteroatoms. The van der Waals surface area contributed by atoms with Crippen molar-refractivity contribution in [3.05, 3.63) is 23.3 Å². The maximum absolute atomic E-state index is 12.2. The van der Waals surface area contributed by atoms with Crippen molar-refractivity contribution in [3.8, 4) is 11.5 Å². The maximum atomic E-state index is 12.2. The van der Waals surface area contributed by atoms with E-state index < -0.39 is 0 Å². The molecule has 2 rings (SSSR count). The Morgan fingerprint density at radius 3 is 2.08 bits per heavy atom. The maximum Gasteiger partial charge on any atom is 0.342 e. The number of hydrogen-bond acceptors (Lipinski definition) is 4. The van der Waals surface area contributed by atoms with Crippen molar-refractivity contribution < 1.29 is 19.0 Å². The molecule has 0 spiro atoms. The van der Waals surface area contributed by atoms with Crippen LogP contribution >= 0.6 is 0 Å². The van der Waals surface area contributed by atoms with Crippen molar-refractivity contribution in [1.82, 2.24) is 0 Å². The molecule has 1 heterocycles. The molecule has 0 amide bonds. The van der Waals surface area contributed by atoms with Crippen LogP contribution in [-0.4, -0.2) is 20.2 Å². The van der Waals surface area contributed by atoms with Gasteiger partial charge in [-0.3, -0.25) is 0 Å². The first-order valence-electron chi connectivity index (χ1n) is 10.2. The number of unbranched alkanes of at least 4 members (excludes halogenated alkanes) is 9. The molecule has 0 aliphatic carbocycles. The summed E-state index contributed by atoms with van der Waals surface area (Å²) in [6.07, 6.45) is 13.7. The predicted octanol–water partition coefficient (Wildman–Crippen LogP) is 6.23. The summed E-state index contributed by atoms with van der Waals surface area (Å²) in [5.41, 5.74) is 1.47. The normalized spacial score (nSPS) is 15.7. The van der Waals surface area contributed by atoms with Gasteiger partial charge in [-0.05, 0) is 18.9 Å². The second-order valence-corrected chi connectivity index (χ2v) is 7.16. The highest BCUT2D eigenvalue weighted by Gasteiger charge is 2.34. The fourth-order valence-electron chi connectivity index (χ4n) is 3.65. The van der Waals surface area contributed by atoms with Gasteiger partial charge in [-0.2, -0.15) is 0 Å². The van der Waals surface area contributed by atoms with Gasteiger partial charge in [0, 0.05) is 11.6 Å². The van der Waals surface area contributed by atoms with E-state index in [1.165, 1.54) is 57.8 Å². The molecule has 1 aromatic rings. The third-order valence-electron chi connectivity index (χ3n) is 5.18. The lowest BCUT2D eigenvalue weighted by atomic mass is 9.98. The summed E-state index contributed by atoms with van der Waals surface area (Å²) >= 11 is 0. The zero-order valence-corrected chi connectivity index (χ0v) is 16.6. The third kappa shape index (κ3) is 5.65. The first kappa shape index (κ1) is 20.6. The average molecular weight is 363 g/mol. The minimum atomic E-state index is -0.281. The molecule has 0 N–H and O–H groups in total. The van der Waals surface area contributed by atoms with Crippen LogP contribution in [-0.2, 0) is 4.74 Å². The molecule has 1 unspecified atom stereocenters. The minimum absolute atomic E-state index is 0.171. The fourth-order valence-corrected chi connectivity index (χ4v) is 3.65. The van der Waals surface area contributed by atoms with E-state index in [2.05, 4.69) is 6.92 Å². The zero-order valence-electron chi connectivity index (χ0n) is 16.6. The molecule has 1 atom stereocenters. The number of ether oxygens (including phenoxy) is 3. The Balaban J connectivity index is 1.73. The first-order chi connectivity index (χ1) is 12.7. The van der Waals surface area contributed by atoms with E-state index in [9.17, 15) is 4.79 Å². The summed E-state index contributed by atoms with van der Waals surface area (Å²) < 4.78 is 16.2. The summed E-state index contributed by atoms with van der Waals surface area (Å²) in [6.45, 7) is 2.26. The van der Waals surface area contributed by atoms with Crippen LogP contribution in [0.5, 0.6) is 11.5 Å². The number of fused-ring (bicyclic) bond motifs is 1.